The average Bonchev–Trinajstić information content (AvgIpc) is 2.76. The van der Waals surface area contributed by atoms with Crippen molar-refractivity contribution in [1.29, 1.82) is 0 Å². The molecule has 0 atom stereocenters. The summed E-state index contributed by atoms with van der Waals surface area (Å²) in [7, 11) is 1.34. The van der Waals surface area contributed by atoms with Crippen LogP contribution in [0.1, 0.15) is 48.9 Å². The first-order valence-electron chi connectivity index (χ1n) is 7.20. The van der Waals surface area contributed by atoms with Crippen LogP contribution in [0.3, 0.4) is 0 Å². The second-order valence-electron chi connectivity index (χ2n) is 5.21. The van der Waals surface area contributed by atoms with Gasteiger partial charge < -0.3 is 10.1 Å². The van der Waals surface area contributed by atoms with Gasteiger partial charge in [0.2, 0.25) is 5.91 Å². The zero-order valence-electron chi connectivity index (χ0n) is 11.9. The molecular weight excluding hydrogens is 254 g/mol. The second-order valence-corrected chi connectivity index (χ2v) is 5.21. The Morgan fingerprint density at radius 1 is 1.10 bits per heavy atom. The van der Waals surface area contributed by atoms with Crippen molar-refractivity contribution >= 4 is 17.6 Å². The lowest BCUT2D eigenvalue weighted by atomic mass is 9.99. The van der Waals surface area contributed by atoms with Crippen LogP contribution in [0.4, 0.5) is 5.69 Å². The predicted molar refractivity (Wildman–Crippen MR) is 77.6 cm³/mol. The molecule has 1 N–H and O–H groups in total. The minimum atomic E-state index is -0.429. The number of methoxy groups -OCH3 is 1. The quantitative estimate of drug-likeness (QED) is 0.679. The first-order valence-corrected chi connectivity index (χ1v) is 7.20. The molecule has 1 fully saturated rings. The molecule has 4 heteroatoms. The van der Waals surface area contributed by atoms with Crippen LogP contribution in [0.5, 0.6) is 0 Å². The molecule has 20 heavy (non-hydrogen) atoms. The molecule has 0 saturated heterocycles. The highest BCUT2D eigenvalue weighted by atomic mass is 16.5. The van der Waals surface area contributed by atoms with Crippen LogP contribution in [0.2, 0.25) is 0 Å². The van der Waals surface area contributed by atoms with Crippen molar-refractivity contribution in [1.82, 2.24) is 0 Å². The smallest absolute Gasteiger partial charge is 0.339 e. The van der Waals surface area contributed by atoms with Crippen molar-refractivity contribution in [2.75, 3.05) is 12.4 Å². The fourth-order valence-electron chi connectivity index (χ4n) is 2.66. The van der Waals surface area contributed by atoms with Crippen LogP contribution in [0.25, 0.3) is 0 Å². The summed E-state index contributed by atoms with van der Waals surface area (Å²) in [6.45, 7) is 0. The third-order valence-electron chi connectivity index (χ3n) is 3.82. The van der Waals surface area contributed by atoms with E-state index in [-0.39, 0.29) is 11.8 Å². The van der Waals surface area contributed by atoms with E-state index >= 15 is 0 Å². The van der Waals surface area contributed by atoms with Crippen LogP contribution >= 0.6 is 0 Å². The molecule has 1 amide bonds. The van der Waals surface area contributed by atoms with E-state index in [1.54, 1.807) is 24.3 Å². The summed E-state index contributed by atoms with van der Waals surface area (Å²) in [5, 5.41) is 2.88. The summed E-state index contributed by atoms with van der Waals surface area (Å²) in [4.78, 5) is 24.0. The van der Waals surface area contributed by atoms with Gasteiger partial charge in [-0.3, -0.25) is 4.79 Å². The summed E-state index contributed by atoms with van der Waals surface area (Å²) in [5.41, 5.74) is 0.936. The van der Waals surface area contributed by atoms with E-state index in [9.17, 15) is 9.59 Å². The number of hydrogen-bond acceptors (Lipinski definition) is 3. The summed E-state index contributed by atoms with van der Waals surface area (Å²) >= 11 is 0. The van der Waals surface area contributed by atoms with Crippen LogP contribution < -0.4 is 5.32 Å². The maximum atomic E-state index is 12.3. The molecule has 0 heterocycles. The van der Waals surface area contributed by atoms with Gasteiger partial charge in [0.05, 0.1) is 18.4 Å². The number of esters is 1. The van der Waals surface area contributed by atoms with Crippen LogP contribution in [0, 0.1) is 5.92 Å². The van der Waals surface area contributed by atoms with Gasteiger partial charge >= 0.3 is 5.97 Å². The van der Waals surface area contributed by atoms with E-state index in [4.69, 9.17) is 4.74 Å². The molecular formula is C16H21NO3. The van der Waals surface area contributed by atoms with Crippen molar-refractivity contribution in [2.45, 2.75) is 38.5 Å². The molecule has 0 aromatic heterocycles. The average molecular weight is 275 g/mol. The molecule has 0 bridgehead atoms. The first kappa shape index (κ1) is 14.6. The third-order valence-corrected chi connectivity index (χ3v) is 3.82. The van der Waals surface area contributed by atoms with Gasteiger partial charge in [0.1, 0.15) is 0 Å². The lowest BCUT2D eigenvalue weighted by Crippen LogP contribution is -2.23. The van der Waals surface area contributed by atoms with Crippen LogP contribution in [-0.2, 0) is 9.53 Å². The van der Waals surface area contributed by atoms with Crippen LogP contribution in [0.15, 0.2) is 24.3 Å². The van der Waals surface area contributed by atoms with Gasteiger partial charge in [0.15, 0.2) is 0 Å². The Morgan fingerprint density at radius 2 is 1.75 bits per heavy atom. The fourth-order valence-corrected chi connectivity index (χ4v) is 2.66. The van der Waals surface area contributed by atoms with Crippen molar-refractivity contribution in [3.8, 4) is 0 Å². The Hall–Kier alpha value is -1.84. The van der Waals surface area contributed by atoms with Gasteiger partial charge in [0, 0.05) is 5.92 Å². The number of carbonyl (C=O) groups is 2. The highest BCUT2D eigenvalue weighted by Gasteiger charge is 2.21. The SMILES string of the molecule is COC(=O)c1ccccc1NC(=O)C1CCCCCC1. The number of carbonyl (C=O) groups excluding carboxylic acids is 2. The van der Waals surface area contributed by atoms with E-state index in [0.29, 0.717) is 11.3 Å². The fraction of sp³-hybridized carbons (Fsp3) is 0.500. The molecule has 0 spiro atoms. The highest BCUT2D eigenvalue weighted by molar-refractivity contribution is 6.01. The molecule has 1 saturated carbocycles. The first-order chi connectivity index (χ1) is 9.72. The standard InChI is InChI=1S/C16H21NO3/c1-20-16(19)13-10-6-7-11-14(13)17-15(18)12-8-4-2-3-5-9-12/h6-7,10-12H,2-5,8-9H2,1H3,(H,17,18). The minimum absolute atomic E-state index is 0.0169. The third kappa shape index (κ3) is 3.59. The van der Waals surface area contributed by atoms with Crippen LogP contribution in [-0.4, -0.2) is 19.0 Å². The number of hydrogen-bond donors (Lipinski definition) is 1. The largest absolute Gasteiger partial charge is 0.465 e. The molecule has 108 valence electrons. The van der Waals surface area contributed by atoms with Gasteiger partial charge in [-0.1, -0.05) is 37.8 Å². The van der Waals surface area contributed by atoms with E-state index in [1.165, 1.54) is 20.0 Å². The Kier molecular flexibility index (Phi) is 5.16. The number of ether oxygens (including phenoxy) is 1. The maximum Gasteiger partial charge on any atom is 0.339 e. The number of amides is 1. The molecule has 1 aromatic rings. The predicted octanol–water partition coefficient (Wildman–Crippen LogP) is 3.38. The Balaban J connectivity index is 2.09. The number of benzene rings is 1. The monoisotopic (exact) mass is 275 g/mol. The molecule has 0 aliphatic heterocycles. The van der Waals surface area contributed by atoms with E-state index in [0.717, 1.165) is 25.7 Å². The van der Waals surface area contributed by atoms with Gasteiger partial charge in [-0.2, -0.15) is 0 Å². The molecule has 1 aliphatic rings. The molecule has 2 rings (SSSR count). The number of rotatable bonds is 3. The molecule has 4 nitrogen and oxygen atoms in total. The summed E-state index contributed by atoms with van der Waals surface area (Å²) < 4.78 is 4.73. The van der Waals surface area contributed by atoms with Crippen molar-refractivity contribution in [3.05, 3.63) is 29.8 Å². The number of nitrogens with one attached hydrogen (secondary N) is 1. The molecule has 1 aromatic carbocycles. The Labute approximate surface area is 119 Å². The van der Waals surface area contributed by atoms with E-state index in [1.807, 2.05) is 0 Å². The highest BCUT2D eigenvalue weighted by Crippen LogP contribution is 2.25. The van der Waals surface area contributed by atoms with Gasteiger partial charge in [-0.05, 0) is 25.0 Å². The van der Waals surface area contributed by atoms with Gasteiger partial charge in [-0.15, -0.1) is 0 Å². The maximum absolute atomic E-state index is 12.3. The molecule has 1 aliphatic carbocycles. The summed E-state index contributed by atoms with van der Waals surface area (Å²) in [5.74, 6) is -0.353. The van der Waals surface area contributed by atoms with E-state index < -0.39 is 5.97 Å². The topological polar surface area (TPSA) is 55.4 Å². The van der Waals surface area contributed by atoms with Gasteiger partial charge in [0.25, 0.3) is 0 Å². The number of para-hydroxylation sites is 1. The second kappa shape index (κ2) is 7.08. The van der Waals surface area contributed by atoms with Crippen molar-refractivity contribution in [3.63, 3.8) is 0 Å². The zero-order chi connectivity index (χ0) is 14.4. The lowest BCUT2D eigenvalue weighted by Gasteiger charge is -2.15. The number of anilines is 1. The normalized spacial score (nSPS) is 16.2. The van der Waals surface area contributed by atoms with Gasteiger partial charge in [-0.25, -0.2) is 4.79 Å². The van der Waals surface area contributed by atoms with Crippen molar-refractivity contribution in [2.24, 2.45) is 5.92 Å². The summed E-state index contributed by atoms with van der Waals surface area (Å²) in [6.07, 6.45) is 6.51. The summed E-state index contributed by atoms with van der Waals surface area (Å²) in [6, 6.07) is 6.96. The Morgan fingerprint density at radius 3 is 2.40 bits per heavy atom. The zero-order valence-corrected chi connectivity index (χ0v) is 11.9. The minimum Gasteiger partial charge on any atom is -0.465 e. The van der Waals surface area contributed by atoms with E-state index in [2.05, 4.69) is 5.32 Å². The Bertz CT molecular complexity index is 476. The molecule has 0 unspecified atom stereocenters. The van der Waals surface area contributed by atoms with Crippen molar-refractivity contribution < 1.29 is 14.3 Å². The lowest BCUT2D eigenvalue weighted by molar-refractivity contribution is -0.120. The molecule has 0 radical (unpaired) electrons.